The first-order chi connectivity index (χ1) is 13.4. The lowest BCUT2D eigenvalue weighted by Gasteiger charge is -2.35. The molecule has 28 heavy (non-hydrogen) atoms. The second-order valence-corrected chi connectivity index (χ2v) is 9.04. The summed E-state index contributed by atoms with van der Waals surface area (Å²) in [7, 11) is 0.546. The lowest BCUT2D eigenvalue weighted by molar-refractivity contribution is 0.261. The summed E-state index contributed by atoms with van der Waals surface area (Å²) in [5, 5.41) is 0. The third-order valence-electron chi connectivity index (χ3n) is 4.77. The summed E-state index contributed by atoms with van der Waals surface area (Å²) in [6.07, 6.45) is 0. The van der Waals surface area contributed by atoms with Crippen LogP contribution in [0.3, 0.4) is 0 Å². The number of ether oxygens (including phenoxy) is 1. The van der Waals surface area contributed by atoms with Crippen LogP contribution in [0, 0.1) is 0 Å². The van der Waals surface area contributed by atoms with Gasteiger partial charge in [-0.25, -0.2) is 8.42 Å². The summed E-state index contributed by atoms with van der Waals surface area (Å²) in [5.74, 6) is 0.843. The Kier molecular flexibility index (Phi) is 6.43. The smallest absolute Gasteiger partial charge is 0.243 e. The topological polar surface area (TPSA) is 79.1 Å². The molecular formula is C20H28N4O3S. The summed E-state index contributed by atoms with van der Waals surface area (Å²) < 4.78 is 32.8. The number of nitrogens with zero attached hydrogens (tertiary/aromatic N) is 3. The number of hydrogen-bond donors (Lipinski definition) is 1. The lowest BCUT2D eigenvalue weighted by Crippen LogP contribution is -2.48. The highest BCUT2D eigenvalue weighted by atomic mass is 32.2. The Hall–Kier alpha value is -2.29. The van der Waals surface area contributed by atoms with Crippen molar-refractivity contribution in [3.63, 3.8) is 0 Å². The maximum Gasteiger partial charge on any atom is 0.243 e. The molecule has 7 nitrogen and oxygen atoms in total. The average molecular weight is 405 g/mol. The molecule has 2 aromatic rings. The standard InChI is InChI=1S/C20H28N4O3S/c1-22(2)15-16-27-19-7-5-18(6-8-19)23-11-13-24(14-12-23)28(25,26)20-9-3-17(21)4-10-20/h3-10H,11-16,21H2,1-2H3. The van der Waals surface area contributed by atoms with Crippen molar-refractivity contribution in [2.24, 2.45) is 0 Å². The van der Waals surface area contributed by atoms with E-state index in [-0.39, 0.29) is 4.90 Å². The van der Waals surface area contributed by atoms with Crippen LogP contribution < -0.4 is 15.4 Å². The van der Waals surface area contributed by atoms with Crippen molar-refractivity contribution < 1.29 is 13.2 Å². The number of piperazine rings is 1. The molecule has 2 aromatic carbocycles. The monoisotopic (exact) mass is 404 g/mol. The molecule has 0 bridgehead atoms. The molecule has 152 valence electrons. The molecule has 3 rings (SSSR count). The number of hydrogen-bond acceptors (Lipinski definition) is 6. The predicted octanol–water partition coefficient (Wildman–Crippen LogP) is 1.72. The molecule has 0 radical (unpaired) electrons. The van der Waals surface area contributed by atoms with Crippen LogP contribution >= 0.6 is 0 Å². The third kappa shape index (κ3) is 4.95. The normalized spacial score (nSPS) is 15.8. The van der Waals surface area contributed by atoms with E-state index >= 15 is 0 Å². The molecule has 0 saturated carbocycles. The Balaban J connectivity index is 1.57. The van der Waals surface area contributed by atoms with E-state index in [1.807, 2.05) is 38.4 Å². The molecular weight excluding hydrogens is 376 g/mol. The Morgan fingerprint density at radius 2 is 1.57 bits per heavy atom. The predicted molar refractivity (Wildman–Crippen MR) is 112 cm³/mol. The van der Waals surface area contributed by atoms with Crippen molar-refractivity contribution in [2.45, 2.75) is 4.90 Å². The summed E-state index contributed by atoms with van der Waals surface area (Å²) in [4.78, 5) is 4.56. The Labute approximate surface area is 167 Å². The Bertz CT molecular complexity index is 859. The molecule has 0 aromatic heterocycles. The van der Waals surface area contributed by atoms with Gasteiger partial charge in [0.15, 0.2) is 0 Å². The number of benzene rings is 2. The maximum absolute atomic E-state index is 12.8. The van der Waals surface area contributed by atoms with Gasteiger partial charge in [0.1, 0.15) is 12.4 Å². The zero-order chi connectivity index (χ0) is 20.1. The molecule has 1 aliphatic rings. The van der Waals surface area contributed by atoms with Crippen molar-refractivity contribution in [1.82, 2.24) is 9.21 Å². The van der Waals surface area contributed by atoms with E-state index in [1.165, 1.54) is 4.31 Å². The summed E-state index contributed by atoms with van der Waals surface area (Å²) >= 11 is 0. The molecule has 1 saturated heterocycles. The lowest BCUT2D eigenvalue weighted by atomic mass is 10.2. The second kappa shape index (κ2) is 8.81. The molecule has 0 amide bonds. The first-order valence-electron chi connectivity index (χ1n) is 9.34. The van der Waals surface area contributed by atoms with Crippen molar-refractivity contribution in [1.29, 1.82) is 0 Å². The fourth-order valence-corrected chi connectivity index (χ4v) is 4.50. The number of rotatable bonds is 7. The summed E-state index contributed by atoms with van der Waals surface area (Å²) in [5.41, 5.74) is 7.28. The zero-order valence-electron chi connectivity index (χ0n) is 16.4. The maximum atomic E-state index is 12.8. The minimum absolute atomic E-state index is 0.286. The van der Waals surface area contributed by atoms with Gasteiger partial charge in [-0.3, -0.25) is 0 Å². The van der Waals surface area contributed by atoms with Crippen LogP contribution in [0.15, 0.2) is 53.4 Å². The van der Waals surface area contributed by atoms with Crippen LogP contribution in [0.1, 0.15) is 0 Å². The van der Waals surface area contributed by atoms with Crippen LogP contribution in [-0.4, -0.2) is 71.0 Å². The number of nitrogen functional groups attached to an aromatic ring is 1. The largest absolute Gasteiger partial charge is 0.492 e. The first kappa shape index (κ1) is 20.4. The molecule has 0 unspecified atom stereocenters. The van der Waals surface area contributed by atoms with Crippen LogP contribution in [-0.2, 0) is 10.0 Å². The first-order valence-corrected chi connectivity index (χ1v) is 10.8. The molecule has 2 N–H and O–H groups in total. The highest BCUT2D eigenvalue weighted by molar-refractivity contribution is 7.89. The minimum Gasteiger partial charge on any atom is -0.492 e. The van der Waals surface area contributed by atoms with Crippen LogP contribution in [0.2, 0.25) is 0 Å². The Morgan fingerprint density at radius 1 is 0.964 bits per heavy atom. The third-order valence-corrected chi connectivity index (χ3v) is 6.68. The van der Waals surface area contributed by atoms with Gasteiger partial charge in [-0.05, 0) is 62.6 Å². The second-order valence-electron chi connectivity index (χ2n) is 7.11. The molecule has 1 aliphatic heterocycles. The van der Waals surface area contributed by atoms with Crippen molar-refractivity contribution in [3.05, 3.63) is 48.5 Å². The fraction of sp³-hybridized carbons (Fsp3) is 0.400. The quantitative estimate of drug-likeness (QED) is 0.708. The number of likely N-dealkylation sites (N-methyl/N-ethyl adjacent to an activating group) is 1. The fourth-order valence-electron chi connectivity index (χ4n) is 3.07. The minimum atomic E-state index is -3.48. The number of sulfonamides is 1. The van der Waals surface area contributed by atoms with Crippen LogP contribution in [0.5, 0.6) is 5.75 Å². The van der Waals surface area contributed by atoms with Crippen molar-refractivity contribution in [3.8, 4) is 5.75 Å². The van der Waals surface area contributed by atoms with Crippen molar-refractivity contribution >= 4 is 21.4 Å². The van der Waals surface area contributed by atoms with E-state index in [2.05, 4.69) is 9.80 Å². The van der Waals surface area contributed by atoms with Gasteiger partial charge >= 0.3 is 0 Å². The van der Waals surface area contributed by atoms with E-state index in [0.717, 1.165) is 18.0 Å². The van der Waals surface area contributed by atoms with Gasteiger partial charge in [0, 0.05) is 44.1 Å². The van der Waals surface area contributed by atoms with Gasteiger partial charge in [0.2, 0.25) is 10.0 Å². The van der Waals surface area contributed by atoms with Crippen molar-refractivity contribution in [2.75, 3.05) is 64.1 Å². The van der Waals surface area contributed by atoms with E-state index in [1.54, 1.807) is 24.3 Å². The molecule has 0 aliphatic carbocycles. The molecule has 1 heterocycles. The SMILES string of the molecule is CN(C)CCOc1ccc(N2CCN(S(=O)(=O)c3ccc(N)cc3)CC2)cc1. The van der Waals surface area contributed by atoms with Gasteiger partial charge < -0.3 is 20.3 Å². The van der Waals surface area contributed by atoms with E-state index < -0.39 is 10.0 Å². The van der Waals surface area contributed by atoms with Crippen LogP contribution in [0.25, 0.3) is 0 Å². The highest BCUT2D eigenvalue weighted by Crippen LogP contribution is 2.23. The van der Waals surface area contributed by atoms with Gasteiger partial charge in [0.25, 0.3) is 0 Å². The molecule has 0 atom stereocenters. The molecule has 8 heteroatoms. The number of anilines is 2. The summed E-state index contributed by atoms with van der Waals surface area (Å²) in [6, 6.07) is 14.3. The van der Waals surface area contributed by atoms with Gasteiger partial charge in [-0.2, -0.15) is 4.31 Å². The molecule has 0 spiro atoms. The van der Waals surface area contributed by atoms with E-state index in [4.69, 9.17) is 10.5 Å². The molecule has 1 fully saturated rings. The van der Waals surface area contributed by atoms with E-state index in [9.17, 15) is 8.42 Å². The zero-order valence-corrected chi connectivity index (χ0v) is 17.2. The highest BCUT2D eigenvalue weighted by Gasteiger charge is 2.28. The summed E-state index contributed by atoms with van der Waals surface area (Å²) in [6.45, 7) is 3.71. The van der Waals surface area contributed by atoms with Gasteiger partial charge in [-0.15, -0.1) is 0 Å². The van der Waals surface area contributed by atoms with Crippen LogP contribution in [0.4, 0.5) is 11.4 Å². The number of nitrogens with two attached hydrogens (primary N) is 1. The average Bonchev–Trinajstić information content (AvgIpc) is 2.69. The Morgan fingerprint density at radius 3 is 2.14 bits per heavy atom. The van der Waals surface area contributed by atoms with Gasteiger partial charge in [-0.1, -0.05) is 0 Å². The van der Waals surface area contributed by atoms with E-state index in [0.29, 0.717) is 38.5 Å². The van der Waals surface area contributed by atoms with Gasteiger partial charge in [0.05, 0.1) is 4.90 Å².